The van der Waals surface area contributed by atoms with E-state index in [1.165, 1.54) is 5.56 Å². The second-order valence-corrected chi connectivity index (χ2v) is 5.75. The lowest BCUT2D eigenvalue weighted by Crippen LogP contribution is -2.30. The van der Waals surface area contributed by atoms with Crippen LogP contribution in [-0.2, 0) is 4.79 Å². The number of hydrogen-bond acceptors (Lipinski definition) is 4. The van der Waals surface area contributed by atoms with Gasteiger partial charge in [0, 0.05) is 6.07 Å². The second kappa shape index (κ2) is 6.64. The number of amides is 1. The quantitative estimate of drug-likeness (QED) is 0.912. The summed E-state index contributed by atoms with van der Waals surface area (Å²) in [5.74, 6) is 1.91. The van der Waals surface area contributed by atoms with E-state index in [0.717, 1.165) is 5.56 Å². The highest BCUT2D eigenvalue weighted by Crippen LogP contribution is 2.24. The molecule has 0 saturated carbocycles. The summed E-state index contributed by atoms with van der Waals surface area (Å²) in [6.45, 7) is 9.82. The van der Waals surface area contributed by atoms with E-state index in [1.807, 2.05) is 25.1 Å². The van der Waals surface area contributed by atoms with Gasteiger partial charge in [0.25, 0.3) is 5.91 Å². The summed E-state index contributed by atoms with van der Waals surface area (Å²) >= 11 is 0. The molecule has 1 heterocycles. The molecule has 1 unspecified atom stereocenters. The fourth-order valence-electron chi connectivity index (χ4n) is 2.28. The number of nitrogens with zero attached hydrogens (tertiary/aromatic N) is 1. The molecule has 22 heavy (non-hydrogen) atoms. The number of aromatic nitrogens is 1. The van der Waals surface area contributed by atoms with Crippen molar-refractivity contribution in [2.24, 2.45) is 0 Å². The van der Waals surface area contributed by atoms with Crippen molar-refractivity contribution in [3.63, 3.8) is 0 Å². The van der Waals surface area contributed by atoms with Gasteiger partial charge in [0.05, 0.1) is 0 Å². The SMILES string of the molecule is Cc1cc(NC(=O)C(C)Oc2ccc(C(C)C)c(C)c2)no1. The Bertz CT molecular complexity index is 662. The van der Waals surface area contributed by atoms with Crippen LogP contribution in [0.25, 0.3) is 0 Å². The fourth-order valence-corrected chi connectivity index (χ4v) is 2.28. The summed E-state index contributed by atoms with van der Waals surface area (Å²) in [7, 11) is 0. The minimum Gasteiger partial charge on any atom is -0.481 e. The lowest BCUT2D eigenvalue weighted by atomic mass is 9.98. The van der Waals surface area contributed by atoms with E-state index in [1.54, 1.807) is 19.9 Å². The molecule has 2 aromatic rings. The van der Waals surface area contributed by atoms with Crippen molar-refractivity contribution in [1.82, 2.24) is 5.16 Å². The highest BCUT2D eigenvalue weighted by molar-refractivity contribution is 5.93. The van der Waals surface area contributed by atoms with Gasteiger partial charge in [0.1, 0.15) is 11.5 Å². The molecule has 1 amide bonds. The first-order valence-electron chi connectivity index (χ1n) is 7.38. The lowest BCUT2D eigenvalue weighted by Gasteiger charge is -2.16. The van der Waals surface area contributed by atoms with Crippen molar-refractivity contribution in [2.45, 2.75) is 46.6 Å². The van der Waals surface area contributed by atoms with Gasteiger partial charge in [0.2, 0.25) is 0 Å². The fraction of sp³-hybridized carbons (Fsp3) is 0.412. The van der Waals surface area contributed by atoms with Crippen molar-refractivity contribution in [3.05, 3.63) is 41.2 Å². The van der Waals surface area contributed by atoms with Crippen molar-refractivity contribution >= 4 is 11.7 Å². The summed E-state index contributed by atoms with van der Waals surface area (Å²) in [6, 6.07) is 7.55. The average molecular weight is 302 g/mol. The molecule has 1 aromatic carbocycles. The predicted octanol–water partition coefficient (Wildman–Crippen LogP) is 3.82. The zero-order valence-electron chi connectivity index (χ0n) is 13.6. The molecule has 0 aliphatic rings. The predicted molar refractivity (Wildman–Crippen MR) is 85.2 cm³/mol. The van der Waals surface area contributed by atoms with Crippen LogP contribution in [0.2, 0.25) is 0 Å². The Hall–Kier alpha value is -2.30. The molecule has 0 bridgehead atoms. The van der Waals surface area contributed by atoms with E-state index in [0.29, 0.717) is 23.2 Å². The minimum atomic E-state index is -0.624. The maximum absolute atomic E-state index is 12.1. The molecule has 0 aliphatic carbocycles. The van der Waals surface area contributed by atoms with Gasteiger partial charge in [-0.1, -0.05) is 25.1 Å². The summed E-state index contributed by atoms with van der Waals surface area (Å²) in [5, 5.41) is 6.39. The number of hydrogen-bond donors (Lipinski definition) is 1. The number of nitrogens with one attached hydrogen (secondary N) is 1. The van der Waals surface area contributed by atoms with Crippen LogP contribution in [0.4, 0.5) is 5.82 Å². The van der Waals surface area contributed by atoms with Crippen LogP contribution >= 0.6 is 0 Å². The molecule has 0 aliphatic heterocycles. The number of anilines is 1. The van der Waals surface area contributed by atoms with Crippen LogP contribution in [0, 0.1) is 13.8 Å². The minimum absolute atomic E-state index is 0.265. The topological polar surface area (TPSA) is 64.4 Å². The van der Waals surface area contributed by atoms with Crippen LogP contribution in [0.3, 0.4) is 0 Å². The summed E-state index contributed by atoms with van der Waals surface area (Å²) in [4.78, 5) is 12.1. The molecule has 2 rings (SSSR count). The molecule has 118 valence electrons. The Labute approximate surface area is 130 Å². The Morgan fingerprint density at radius 3 is 2.50 bits per heavy atom. The molecule has 0 saturated heterocycles. The van der Waals surface area contributed by atoms with Crippen LogP contribution in [-0.4, -0.2) is 17.2 Å². The van der Waals surface area contributed by atoms with Crippen LogP contribution in [0.5, 0.6) is 5.75 Å². The normalized spacial score (nSPS) is 12.3. The van der Waals surface area contributed by atoms with Crippen LogP contribution in [0.15, 0.2) is 28.8 Å². The molecular formula is C17H22N2O3. The van der Waals surface area contributed by atoms with Gasteiger partial charge in [-0.25, -0.2) is 0 Å². The first-order valence-corrected chi connectivity index (χ1v) is 7.38. The van der Waals surface area contributed by atoms with Gasteiger partial charge in [0.15, 0.2) is 11.9 Å². The van der Waals surface area contributed by atoms with E-state index >= 15 is 0 Å². The lowest BCUT2D eigenvalue weighted by molar-refractivity contribution is -0.122. The zero-order valence-corrected chi connectivity index (χ0v) is 13.6. The number of benzene rings is 1. The van der Waals surface area contributed by atoms with E-state index in [2.05, 4.69) is 24.3 Å². The molecule has 1 aromatic heterocycles. The summed E-state index contributed by atoms with van der Waals surface area (Å²) in [5.41, 5.74) is 2.44. The number of carbonyl (C=O) groups excluding carboxylic acids is 1. The third-order valence-electron chi connectivity index (χ3n) is 3.42. The molecule has 1 N–H and O–H groups in total. The molecule has 0 fully saturated rings. The number of rotatable bonds is 5. The van der Waals surface area contributed by atoms with Gasteiger partial charge in [-0.2, -0.15) is 0 Å². The molecule has 0 spiro atoms. The van der Waals surface area contributed by atoms with Crippen molar-refractivity contribution < 1.29 is 14.1 Å². The first kappa shape index (κ1) is 16.1. The Balaban J connectivity index is 2.00. The highest BCUT2D eigenvalue weighted by atomic mass is 16.5. The van der Waals surface area contributed by atoms with Gasteiger partial charge in [-0.3, -0.25) is 4.79 Å². The van der Waals surface area contributed by atoms with Gasteiger partial charge in [-0.15, -0.1) is 0 Å². The maximum atomic E-state index is 12.1. The van der Waals surface area contributed by atoms with Crippen LogP contribution in [0.1, 0.15) is 43.6 Å². The standard InChI is InChI=1S/C17H22N2O3/c1-10(2)15-7-6-14(8-11(15)3)21-13(5)17(20)18-16-9-12(4)22-19-16/h6-10,13H,1-5H3,(H,18,19,20). The molecule has 0 radical (unpaired) electrons. The molecule has 1 atom stereocenters. The van der Waals surface area contributed by atoms with Crippen molar-refractivity contribution in [2.75, 3.05) is 5.32 Å². The molecule has 5 heteroatoms. The molecule has 5 nitrogen and oxygen atoms in total. The third kappa shape index (κ3) is 3.87. The smallest absolute Gasteiger partial charge is 0.266 e. The number of ether oxygens (including phenoxy) is 1. The second-order valence-electron chi connectivity index (χ2n) is 5.75. The van der Waals surface area contributed by atoms with E-state index < -0.39 is 6.10 Å². The Morgan fingerprint density at radius 2 is 1.95 bits per heavy atom. The van der Waals surface area contributed by atoms with Crippen LogP contribution < -0.4 is 10.1 Å². The van der Waals surface area contributed by atoms with Gasteiger partial charge in [-0.05, 0) is 49.9 Å². The van der Waals surface area contributed by atoms with E-state index in [4.69, 9.17) is 9.26 Å². The summed E-state index contributed by atoms with van der Waals surface area (Å²) < 4.78 is 10.6. The molecular weight excluding hydrogens is 280 g/mol. The van der Waals surface area contributed by atoms with E-state index in [-0.39, 0.29) is 5.91 Å². The highest BCUT2D eigenvalue weighted by Gasteiger charge is 2.17. The first-order chi connectivity index (χ1) is 10.4. The number of aryl methyl sites for hydroxylation is 2. The third-order valence-corrected chi connectivity index (χ3v) is 3.42. The monoisotopic (exact) mass is 302 g/mol. The average Bonchev–Trinajstić information content (AvgIpc) is 2.83. The Morgan fingerprint density at radius 1 is 1.23 bits per heavy atom. The van der Waals surface area contributed by atoms with Crippen molar-refractivity contribution in [3.8, 4) is 5.75 Å². The maximum Gasteiger partial charge on any atom is 0.266 e. The number of carbonyl (C=O) groups is 1. The largest absolute Gasteiger partial charge is 0.481 e. The summed E-state index contributed by atoms with van der Waals surface area (Å²) in [6.07, 6.45) is -0.624. The van der Waals surface area contributed by atoms with Gasteiger partial charge < -0.3 is 14.6 Å². The van der Waals surface area contributed by atoms with E-state index in [9.17, 15) is 4.79 Å². The van der Waals surface area contributed by atoms with Gasteiger partial charge >= 0.3 is 0 Å². The zero-order chi connectivity index (χ0) is 16.3. The van der Waals surface area contributed by atoms with Crippen molar-refractivity contribution in [1.29, 1.82) is 0 Å². The Kier molecular flexibility index (Phi) is 4.85.